The highest BCUT2D eigenvalue weighted by Gasteiger charge is 2.00. The molecule has 0 atom stereocenters. The fraction of sp³-hybridized carbons (Fsp3) is 0.286. The minimum Gasteiger partial charge on any atom is -0.395 e. The van der Waals surface area contributed by atoms with Crippen LogP contribution >= 0.6 is 0 Å². The van der Waals surface area contributed by atoms with Gasteiger partial charge >= 0.3 is 0 Å². The molecule has 1 N–H and O–H groups in total. The molecule has 2 aromatic rings. The van der Waals surface area contributed by atoms with Crippen molar-refractivity contribution < 1.29 is 5.11 Å². The van der Waals surface area contributed by atoms with Gasteiger partial charge in [-0.25, -0.2) is 0 Å². The average Bonchev–Trinajstić information content (AvgIpc) is 2.29. The number of hydrogen-bond acceptors (Lipinski definition) is 2. The Morgan fingerprint density at radius 3 is 2.56 bits per heavy atom. The third kappa shape index (κ3) is 2.60. The van der Waals surface area contributed by atoms with E-state index in [1.807, 2.05) is 7.05 Å². The van der Waals surface area contributed by atoms with E-state index >= 15 is 0 Å². The Morgan fingerprint density at radius 1 is 1.06 bits per heavy atom. The Kier molecular flexibility index (Phi) is 3.54. The topological polar surface area (TPSA) is 23.5 Å². The summed E-state index contributed by atoms with van der Waals surface area (Å²) in [7, 11) is 2.02. The summed E-state index contributed by atoms with van der Waals surface area (Å²) in [5.41, 5.74) is 1.29. The number of nitrogens with zero attached hydrogens (tertiary/aromatic N) is 1. The lowest BCUT2D eigenvalue weighted by Gasteiger charge is -2.15. The van der Waals surface area contributed by atoms with Crippen LogP contribution in [0.4, 0.5) is 0 Å². The van der Waals surface area contributed by atoms with E-state index < -0.39 is 0 Å². The summed E-state index contributed by atoms with van der Waals surface area (Å²) >= 11 is 0. The van der Waals surface area contributed by atoms with E-state index in [0.717, 1.165) is 6.54 Å². The first-order valence-electron chi connectivity index (χ1n) is 5.56. The second kappa shape index (κ2) is 5.10. The molecule has 84 valence electrons. The fourth-order valence-corrected chi connectivity index (χ4v) is 1.90. The van der Waals surface area contributed by atoms with Crippen molar-refractivity contribution in [3.63, 3.8) is 0 Å². The number of likely N-dealkylation sites (N-methyl/N-ethyl adjacent to an activating group) is 1. The van der Waals surface area contributed by atoms with Gasteiger partial charge in [0.2, 0.25) is 0 Å². The molecule has 0 spiro atoms. The number of fused-ring (bicyclic) bond motifs is 1. The van der Waals surface area contributed by atoms with Crippen LogP contribution < -0.4 is 0 Å². The molecule has 2 nitrogen and oxygen atoms in total. The maximum absolute atomic E-state index is 8.84. The molecule has 2 aromatic carbocycles. The van der Waals surface area contributed by atoms with Crippen LogP contribution in [-0.2, 0) is 6.54 Å². The highest BCUT2D eigenvalue weighted by atomic mass is 16.3. The lowest BCUT2D eigenvalue weighted by atomic mass is 10.1. The largest absolute Gasteiger partial charge is 0.395 e. The van der Waals surface area contributed by atoms with Crippen molar-refractivity contribution in [1.82, 2.24) is 4.90 Å². The Balaban J connectivity index is 2.19. The fourth-order valence-electron chi connectivity index (χ4n) is 1.90. The van der Waals surface area contributed by atoms with Crippen molar-refractivity contribution in [3.8, 4) is 0 Å². The van der Waals surface area contributed by atoms with Gasteiger partial charge in [0.1, 0.15) is 0 Å². The van der Waals surface area contributed by atoms with Gasteiger partial charge in [-0.2, -0.15) is 0 Å². The van der Waals surface area contributed by atoms with Crippen molar-refractivity contribution in [2.24, 2.45) is 0 Å². The normalized spacial score (nSPS) is 11.2. The van der Waals surface area contributed by atoms with Gasteiger partial charge in [0.15, 0.2) is 0 Å². The summed E-state index contributed by atoms with van der Waals surface area (Å²) in [4.78, 5) is 2.12. The summed E-state index contributed by atoms with van der Waals surface area (Å²) in [6.07, 6.45) is 0. The van der Waals surface area contributed by atoms with Crippen molar-refractivity contribution in [1.29, 1.82) is 0 Å². The van der Waals surface area contributed by atoms with E-state index in [0.29, 0.717) is 6.54 Å². The highest BCUT2D eigenvalue weighted by molar-refractivity contribution is 5.82. The molecule has 2 heteroatoms. The number of aliphatic hydroxyl groups is 1. The van der Waals surface area contributed by atoms with Crippen LogP contribution in [0.1, 0.15) is 5.56 Å². The smallest absolute Gasteiger partial charge is 0.0558 e. The lowest BCUT2D eigenvalue weighted by molar-refractivity contribution is 0.217. The van der Waals surface area contributed by atoms with E-state index in [-0.39, 0.29) is 6.61 Å². The van der Waals surface area contributed by atoms with E-state index in [2.05, 4.69) is 47.4 Å². The van der Waals surface area contributed by atoms with Crippen molar-refractivity contribution in [3.05, 3.63) is 48.0 Å². The van der Waals surface area contributed by atoms with Gasteiger partial charge in [0.25, 0.3) is 0 Å². The van der Waals surface area contributed by atoms with Crippen molar-refractivity contribution >= 4 is 10.8 Å². The van der Waals surface area contributed by atoms with Gasteiger partial charge in [-0.05, 0) is 29.4 Å². The second-order valence-electron chi connectivity index (χ2n) is 4.14. The summed E-state index contributed by atoms with van der Waals surface area (Å²) in [5, 5.41) is 11.4. The van der Waals surface area contributed by atoms with Crippen LogP contribution in [0.3, 0.4) is 0 Å². The molecule has 0 unspecified atom stereocenters. The molecule has 0 fully saturated rings. The number of aliphatic hydroxyl groups excluding tert-OH is 1. The highest BCUT2D eigenvalue weighted by Crippen LogP contribution is 2.16. The predicted octanol–water partition coefficient (Wildman–Crippen LogP) is 2.26. The molecular formula is C14H17NO. The molecule has 0 bridgehead atoms. The molecule has 0 radical (unpaired) electrons. The van der Waals surface area contributed by atoms with Crippen LogP contribution in [0.15, 0.2) is 42.5 Å². The molecule has 0 aliphatic rings. The second-order valence-corrected chi connectivity index (χ2v) is 4.14. The molecule has 0 saturated carbocycles. The van der Waals surface area contributed by atoms with Crippen LogP contribution in [0.25, 0.3) is 10.8 Å². The Bertz CT molecular complexity index is 467. The van der Waals surface area contributed by atoms with E-state index in [4.69, 9.17) is 5.11 Å². The van der Waals surface area contributed by atoms with Crippen molar-refractivity contribution in [2.45, 2.75) is 6.54 Å². The zero-order valence-electron chi connectivity index (χ0n) is 9.56. The van der Waals surface area contributed by atoms with Gasteiger partial charge in [0, 0.05) is 13.1 Å². The summed E-state index contributed by atoms with van der Waals surface area (Å²) in [6, 6.07) is 14.9. The summed E-state index contributed by atoms with van der Waals surface area (Å²) < 4.78 is 0. The van der Waals surface area contributed by atoms with Gasteiger partial charge < -0.3 is 5.11 Å². The van der Waals surface area contributed by atoms with Crippen LogP contribution in [0.2, 0.25) is 0 Å². The third-order valence-electron chi connectivity index (χ3n) is 2.75. The zero-order chi connectivity index (χ0) is 11.4. The van der Waals surface area contributed by atoms with E-state index in [9.17, 15) is 0 Å². The van der Waals surface area contributed by atoms with E-state index in [1.54, 1.807) is 0 Å². The van der Waals surface area contributed by atoms with Gasteiger partial charge in [-0.3, -0.25) is 4.90 Å². The molecule has 0 saturated heterocycles. The van der Waals surface area contributed by atoms with Gasteiger partial charge in [-0.15, -0.1) is 0 Å². The molecule has 0 aliphatic carbocycles. The standard InChI is InChI=1S/C14H17NO/c1-15(8-9-16)11-12-6-7-13-4-2-3-5-14(13)10-12/h2-7,10,16H,8-9,11H2,1H3. The molecular weight excluding hydrogens is 198 g/mol. The average molecular weight is 215 g/mol. The van der Waals surface area contributed by atoms with Gasteiger partial charge in [-0.1, -0.05) is 36.4 Å². The van der Waals surface area contributed by atoms with Crippen LogP contribution in [0.5, 0.6) is 0 Å². The summed E-state index contributed by atoms with van der Waals surface area (Å²) in [5.74, 6) is 0. The third-order valence-corrected chi connectivity index (χ3v) is 2.75. The predicted molar refractivity (Wildman–Crippen MR) is 67.4 cm³/mol. The molecule has 0 heterocycles. The van der Waals surface area contributed by atoms with Gasteiger partial charge in [0.05, 0.1) is 6.61 Å². The molecule has 0 amide bonds. The number of rotatable bonds is 4. The quantitative estimate of drug-likeness (QED) is 0.845. The number of benzene rings is 2. The van der Waals surface area contributed by atoms with Crippen LogP contribution in [-0.4, -0.2) is 30.2 Å². The monoisotopic (exact) mass is 215 g/mol. The lowest BCUT2D eigenvalue weighted by Crippen LogP contribution is -2.21. The molecule has 2 rings (SSSR count). The first-order valence-corrected chi connectivity index (χ1v) is 5.56. The van der Waals surface area contributed by atoms with Crippen LogP contribution in [0, 0.1) is 0 Å². The Hall–Kier alpha value is -1.38. The minimum atomic E-state index is 0.212. The first-order chi connectivity index (χ1) is 7.79. The molecule has 0 aromatic heterocycles. The first kappa shape index (κ1) is 11.1. The van der Waals surface area contributed by atoms with E-state index in [1.165, 1.54) is 16.3 Å². The Morgan fingerprint density at radius 2 is 1.81 bits per heavy atom. The summed E-state index contributed by atoms with van der Waals surface area (Å²) in [6.45, 7) is 1.81. The molecule has 16 heavy (non-hydrogen) atoms. The minimum absolute atomic E-state index is 0.212. The Labute approximate surface area is 96.1 Å². The van der Waals surface area contributed by atoms with Crippen molar-refractivity contribution in [2.75, 3.05) is 20.2 Å². The number of hydrogen-bond donors (Lipinski definition) is 1. The maximum Gasteiger partial charge on any atom is 0.0558 e. The SMILES string of the molecule is CN(CCO)Cc1ccc2ccccc2c1. The zero-order valence-corrected chi connectivity index (χ0v) is 9.56. The maximum atomic E-state index is 8.84. The molecule has 0 aliphatic heterocycles.